The fraction of sp³-hybridized carbons (Fsp3) is 0.429. The quantitative estimate of drug-likeness (QED) is 0.893. The minimum absolute atomic E-state index is 0.0457. The number of hydrogen-bond donors (Lipinski definition) is 2. The zero-order valence-corrected chi connectivity index (χ0v) is 11.7. The van der Waals surface area contributed by atoms with Gasteiger partial charge < -0.3 is 19.4 Å². The minimum atomic E-state index is -0.886. The molecule has 0 bridgehead atoms. The van der Waals surface area contributed by atoms with Crippen LogP contribution in [0.15, 0.2) is 33.4 Å². The standard InChI is InChI=1S/C14H18N2O4/c1-14(2,3)12-7-9(16-20-12)13(18)15-8-10(17)11-5-4-6-19-11/h4-7,10,17H,8H2,1-3H3,(H,15,18). The number of amides is 1. The molecule has 0 saturated carbocycles. The third-order valence-electron chi connectivity index (χ3n) is 2.81. The number of aromatic nitrogens is 1. The summed E-state index contributed by atoms with van der Waals surface area (Å²) in [5.41, 5.74) is -0.0132. The third kappa shape index (κ3) is 3.27. The van der Waals surface area contributed by atoms with Gasteiger partial charge in [-0.2, -0.15) is 0 Å². The predicted octanol–water partition coefficient (Wildman–Crippen LogP) is 2.03. The highest BCUT2D eigenvalue weighted by molar-refractivity contribution is 5.92. The first-order valence-electron chi connectivity index (χ1n) is 6.35. The topological polar surface area (TPSA) is 88.5 Å². The molecule has 108 valence electrons. The van der Waals surface area contributed by atoms with Gasteiger partial charge in [0.25, 0.3) is 5.91 Å². The molecule has 0 aliphatic rings. The SMILES string of the molecule is CC(C)(C)c1cc(C(=O)NCC(O)c2ccco2)no1. The fourth-order valence-electron chi connectivity index (χ4n) is 1.60. The van der Waals surface area contributed by atoms with E-state index in [2.05, 4.69) is 10.5 Å². The zero-order chi connectivity index (χ0) is 14.8. The van der Waals surface area contributed by atoms with Gasteiger partial charge >= 0.3 is 0 Å². The maximum Gasteiger partial charge on any atom is 0.273 e. The normalized spacial score (nSPS) is 13.2. The first kappa shape index (κ1) is 14.3. The first-order valence-corrected chi connectivity index (χ1v) is 6.35. The summed E-state index contributed by atoms with van der Waals surface area (Å²) in [5, 5.41) is 16.1. The van der Waals surface area contributed by atoms with Crippen molar-refractivity contribution in [3.05, 3.63) is 41.7 Å². The molecule has 6 nitrogen and oxygen atoms in total. The van der Waals surface area contributed by atoms with Crippen molar-refractivity contribution in [3.8, 4) is 0 Å². The summed E-state index contributed by atoms with van der Waals surface area (Å²) in [6.45, 7) is 5.95. The number of nitrogens with zero attached hydrogens (tertiary/aromatic N) is 1. The molecule has 0 spiro atoms. The maximum atomic E-state index is 11.9. The zero-order valence-electron chi connectivity index (χ0n) is 11.7. The summed E-state index contributed by atoms with van der Waals surface area (Å²) in [6, 6.07) is 4.92. The Morgan fingerprint density at radius 3 is 2.80 bits per heavy atom. The number of carbonyl (C=O) groups excluding carboxylic acids is 1. The monoisotopic (exact) mass is 278 g/mol. The Balaban J connectivity index is 1.94. The van der Waals surface area contributed by atoms with E-state index in [0.717, 1.165) is 0 Å². The van der Waals surface area contributed by atoms with Crippen molar-refractivity contribution in [1.82, 2.24) is 10.5 Å². The predicted molar refractivity (Wildman–Crippen MR) is 71.2 cm³/mol. The third-order valence-corrected chi connectivity index (χ3v) is 2.81. The number of rotatable bonds is 4. The van der Waals surface area contributed by atoms with Crippen LogP contribution in [0.2, 0.25) is 0 Å². The van der Waals surface area contributed by atoms with Gasteiger partial charge in [0.05, 0.1) is 12.8 Å². The van der Waals surface area contributed by atoms with E-state index in [4.69, 9.17) is 8.94 Å². The summed E-state index contributed by atoms with van der Waals surface area (Å²) >= 11 is 0. The van der Waals surface area contributed by atoms with Gasteiger partial charge in [0.2, 0.25) is 0 Å². The maximum absolute atomic E-state index is 11.9. The Morgan fingerprint density at radius 1 is 1.50 bits per heavy atom. The van der Waals surface area contributed by atoms with Crippen LogP contribution in [-0.4, -0.2) is 22.7 Å². The molecular formula is C14H18N2O4. The van der Waals surface area contributed by atoms with Crippen LogP contribution in [-0.2, 0) is 5.41 Å². The van der Waals surface area contributed by atoms with Gasteiger partial charge in [-0.15, -0.1) is 0 Å². The Kier molecular flexibility index (Phi) is 3.94. The molecule has 0 aliphatic heterocycles. The van der Waals surface area contributed by atoms with E-state index >= 15 is 0 Å². The Bertz CT molecular complexity index is 566. The van der Waals surface area contributed by atoms with Crippen LogP contribution in [0.25, 0.3) is 0 Å². The van der Waals surface area contributed by atoms with Crippen LogP contribution in [0, 0.1) is 0 Å². The van der Waals surface area contributed by atoms with Crippen LogP contribution in [0.5, 0.6) is 0 Å². The second-order valence-electron chi connectivity index (χ2n) is 5.57. The number of aliphatic hydroxyl groups excluding tert-OH is 1. The summed E-state index contributed by atoms with van der Waals surface area (Å²) in [7, 11) is 0. The molecule has 0 aliphatic carbocycles. The van der Waals surface area contributed by atoms with E-state index in [1.54, 1.807) is 18.2 Å². The van der Waals surface area contributed by atoms with E-state index in [1.807, 2.05) is 20.8 Å². The molecule has 0 fully saturated rings. The van der Waals surface area contributed by atoms with Gasteiger partial charge in [-0.05, 0) is 12.1 Å². The lowest BCUT2D eigenvalue weighted by Crippen LogP contribution is -2.28. The highest BCUT2D eigenvalue weighted by atomic mass is 16.5. The molecule has 0 saturated heterocycles. The highest BCUT2D eigenvalue weighted by Crippen LogP contribution is 2.22. The first-order chi connectivity index (χ1) is 9.38. The van der Waals surface area contributed by atoms with Crippen LogP contribution in [0.4, 0.5) is 0 Å². The van der Waals surface area contributed by atoms with Gasteiger partial charge in [-0.1, -0.05) is 25.9 Å². The van der Waals surface area contributed by atoms with E-state index in [-0.39, 0.29) is 17.7 Å². The molecule has 2 heterocycles. The van der Waals surface area contributed by atoms with E-state index in [9.17, 15) is 9.90 Å². The average Bonchev–Trinajstić information content (AvgIpc) is 3.04. The summed E-state index contributed by atoms with van der Waals surface area (Å²) in [5.74, 6) is 0.643. The smallest absolute Gasteiger partial charge is 0.273 e. The van der Waals surface area contributed by atoms with Crippen molar-refractivity contribution in [2.45, 2.75) is 32.3 Å². The number of aliphatic hydroxyl groups is 1. The second-order valence-corrected chi connectivity index (χ2v) is 5.57. The van der Waals surface area contributed by atoms with Gasteiger partial charge in [0.15, 0.2) is 5.69 Å². The molecule has 2 aromatic rings. The number of carbonyl (C=O) groups is 1. The molecule has 20 heavy (non-hydrogen) atoms. The van der Waals surface area contributed by atoms with Gasteiger partial charge in [-0.25, -0.2) is 0 Å². The minimum Gasteiger partial charge on any atom is -0.467 e. The molecule has 1 amide bonds. The van der Waals surface area contributed by atoms with Crippen LogP contribution in [0.3, 0.4) is 0 Å². The molecule has 0 aromatic carbocycles. The molecule has 1 unspecified atom stereocenters. The lowest BCUT2D eigenvalue weighted by atomic mass is 9.93. The van der Waals surface area contributed by atoms with E-state index < -0.39 is 12.0 Å². The van der Waals surface area contributed by atoms with Gasteiger partial charge in [0, 0.05) is 11.5 Å². The van der Waals surface area contributed by atoms with Crippen molar-refractivity contribution in [3.63, 3.8) is 0 Å². The Morgan fingerprint density at radius 2 is 2.25 bits per heavy atom. The largest absolute Gasteiger partial charge is 0.467 e. The lowest BCUT2D eigenvalue weighted by Gasteiger charge is -2.12. The summed E-state index contributed by atoms with van der Waals surface area (Å²) < 4.78 is 10.2. The van der Waals surface area contributed by atoms with Crippen molar-refractivity contribution < 1.29 is 18.8 Å². The molecule has 2 rings (SSSR count). The van der Waals surface area contributed by atoms with Crippen molar-refractivity contribution in [1.29, 1.82) is 0 Å². The average molecular weight is 278 g/mol. The van der Waals surface area contributed by atoms with Crippen LogP contribution < -0.4 is 5.32 Å². The van der Waals surface area contributed by atoms with E-state index in [0.29, 0.717) is 11.5 Å². The van der Waals surface area contributed by atoms with Crippen LogP contribution in [0.1, 0.15) is 48.9 Å². The number of furan rings is 1. The van der Waals surface area contributed by atoms with Crippen molar-refractivity contribution in [2.75, 3.05) is 6.54 Å². The van der Waals surface area contributed by atoms with E-state index in [1.165, 1.54) is 6.26 Å². The second kappa shape index (κ2) is 5.50. The molecule has 6 heteroatoms. The highest BCUT2D eigenvalue weighted by Gasteiger charge is 2.22. The fourth-order valence-corrected chi connectivity index (χ4v) is 1.60. The molecule has 1 atom stereocenters. The lowest BCUT2D eigenvalue weighted by molar-refractivity contribution is 0.0892. The van der Waals surface area contributed by atoms with Crippen molar-refractivity contribution >= 4 is 5.91 Å². The number of nitrogens with one attached hydrogen (secondary N) is 1. The van der Waals surface area contributed by atoms with Crippen LogP contribution >= 0.6 is 0 Å². The molecular weight excluding hydrogens is 260 g/mol. The Labute approximate surface area is 116 Å². The molecule has 2 aromatic heterocycles. The number of hydrogen-bond acceptors (Lipinski definition) is 5. The van der Waals surface area contributed by atoms with Gasteiger partial charge in [-0.3, -0.25) is 4.79 Å². The van der Waals surface area contributed by atoms with Gasteiger partial charge in [0.1, 0.15) is 17.6 Å². The molecule has 0 radical (unpaired) electrons. The van der Waals surface area contributed by atoms with Crippen molar-refractivity contribution in [2.24, 2.45) is 0 Å². The molecule has 2 N–H and O–H groups in total. The summed E-state index contributed by atoms with van der Waals surface area (Å²) in [4.78, 5) is 11.9. The Hall–Kier alpha value is -2.08. The summed E-state index contributed by atoms with van der Waals surface area (Å²) in [6.07, 6.45) is 0.580.